The number of hydrogen-bond donors (Lipinski definition) is 2. The van der Waals surface area contributed by atoms with Crippen LogP contribution in [-0.4, -0.2) is 30.6 Å². The minimum absolute atomic E-state index is 0.0254. The molecular formula is C24H24BrN3O3. The van der Waals surface area contributed by atoms with Crippen LogP contribution < -0.4 is 14.8 Å². The second-order valence-electron chi connectivity index (χ2n) is 6.73. The number of nitriles is 1. The Balaban J connectivity index is 1.72. The van der Waals surface area contributed by atoms with Crippen molar-refractivity contribution in [3.63, 3.8) is 0 Å². The molecule has 0 aliphatic carbocycles. The highest BCUT2D eigenvalue weighted by atomic mass is 79.9. The van der Waals surface area contributed by atoms with Gasteiger partial charge in [-0.25, -0.2) is 0 Å². The standard InChI is InChI=1S/C24H24BrN3O3/c1-3-30-22-13-16(12-20(25)23(22)31-4-2)11-18(14-26)24(29)27-10-9-17-15-28-21-8-6-5-7-19(17)21/h5-8,11-13,15,28H,3-4,9-10H2,1-2H3,(H,27,29)/b18-11-. The van der Waals surface area contributed by atoms with Crippen LogP contribution in [-0.2, 0) is 11.2 Å². The summed E-state index contributed by atoms with van der Waals surface area (Å²) < 4.78 is 12.0. The van der Waals surface area contributed by atoms with E-state index < -0.39 is 5.91 Å². The van der Waals surface area contributed by atoms with Crippen molar-refractivity contribution in [2.24, 2.45) is 0 Å². The first-order valence-electron chi connectivity index (χ1n) is 10.1. The van der Waals surface area contributed by atoms with Gasteiger partial charge in [0.2, 0.25) is 0 Å². The van der Waals surface area contributed by atoms with Crippen molar-refractivity contribution in [3.8, 4) is 17.6 Å². The van der Waals surface area contributed by atoms with Gasteiger partial charge in [0.1, 0.15) is 11.6 Å². The van der Waals surface area contributed by atoms with Gasteiger partial charge in [-0.15, -0.1) is 0 Å². The molecule has 0 radical (unpaired) electrons. The van der Waals surface area contributed by atoms with Crippen LogP contribution in [0.25, 0.3) is 17.0 Å². The number of aromatic amines is 1. The maximum absolute atomic E-state index is 12.6. The van der Waals surface area contributed by atoms with Crippen molar-refractivity contribution in [3.05, 3.63) is 63.8 Å². The molecule has 0 spiro atoms. The summed E-state index contributed by atoms with van der Waals surface area (Å²) in [4.78, 5) is 15.8. The first-order chi connectivity index (χ1) is 15.1. The minimum Gasteiger partial charge on any atom is -0.490 e. The normalized spacial score (nSPS) is 11.2. The number of benzene rings is 2. The summed E-state index contributed by atoms with van der Waals surface area (Å²) in [6.45, 7) is 5.17. The number of hydrogen-bond acceptors (Lipinski definition) is 4. The summed E-state index contributed by atoms with van der Waals surface area (Å²) in [7, 11) is 0. The highest BCUT2D eigenvalue weighted by molar-refractivity contribution is 9.10. The number of nitrogens with one attached hydrogen (secondary N) is 2. The molecule has 31 heavy (non-hydrogen) atoms. The van der Waals surface area contributed by atoms with Gasteiger partial charge < -0.3 is 19.8 Å². The Morgan fingerprint density at radius 2 is 2.00 bits per heavy atom. The second kappa shape index (κ2) is 10.7. The van der Waals surface area contributed by atoms with Crippen LogP contribution in [0.2, 0.25) is 0 Å². The topological polar surface area (TPSA) is 87.1 Å². The smallest absolute Gasteiger partial charge is 0.261 e. The largest absolute Gasteiger partial charge is 0.490 e. The fourth-order valence-corrected chi connectivity index (χ4v) is 3.85. The Kier molecular flexibility index (Phi) is 7.74. The highest BCUT2D eigenvalue weighted by Gasteiger charge is 2.14. The third-order valence-corrected chi connectivity index (χ3v) is 5.24. The average Bonchev–Trinajstić information content (AvgIpc) is 3.17. The molecule has 0 saturated heterocycles. The van der Waals surface area contributed by atoms with Gasteiger partial charge in [0.05, 0.1) is 17.7 Å². The number of carbonyl (C=O) groups excluding carboxylic acids is 1. The molecule has 1 aromatic heterocycles. The van der Waals surface area contributed by atoms with Gasteiger partial charge in [-0.3, -0.25) is 4.79 Å². The van der Waals surface area contributed by atoms with Crippen molar-refractivity contribution in [1.29, 1.82) is 5.26 Å². The molecule has 0 aliphatic heterocycles. The van der Waals surface area contributed by atoms with Gasteiger partial charge in [-0.1, -0.05) is 18.2 Å². The summed E-state index contributed by atoms with van der Waals surface area (Å²) in [6, 6.07) is 13.6. The number of ether oxygens (including phenoxy) is 2. The number of para-hydroxylation sites is 1. The fraction of sp³-hybridized carbons (Fsp3) is 0.250. The predicted octanol–water partition coefficient (Wildman–Crippen LogP) is 4.99. The number of nitrogens with zero attached hydrogens (tertiary/aromatic N) is 1. The second-order valence-corrected chi connectivity index (χ2v) is 7.59. The first-order valence-corrected chi connectivity index (χ1v) is 10.9. The number of halogens is 1. The van der Waals surface area contributed by atoms with E-state index in [1.165, 1.54) is 0 Å². The van der Waals surface area contributed by atoms with Crippen LogP contribution in [0.1, 0.15) is 25.0 Å². The Morgan fingerprint density at radius 3 is 2.74 bits per heavy atom. The van der Waals surface area contributed by atoms with Crippen LogP contribution in [0.3, 0.4) is 0 Å². The average molecular weight is 482 g/mol. The van der Waals surface area contributed by atoms with Crippen LogP contribution in [0.15, 0.2) is 52.6 Å². The number of rotatable bonds is 9. The number of carbonyl (C=O) groups is 1. The third-order valence-electron chi connectivity index (χ3n) is 4.65. The zero-order valence-corrected chi connectivity index (χ0v) is 19.1. The SMILES string of the molecule is CCOc1cc(/C=C(/C#N)C(=O)NCCc2c[nH]c3ccccc23)cc(Br)c1OCC. The van der Waals surface area contributed by atoms with Crippen LogP contribution in [0.4, 0.5) is 0 Å². The van der Waals surface area contributed by atoms with E-state index in [4.69, 9.17) is 9.47 Å². The molecule has 0 bridgehead atoms. The summed E-state index contributed by atoms with van der Waals surface area (Å²) >= 11 is 3.48. The zero-order chi connectivity index (χ0) is 22.2. The lowest BCUT2D eigenvalue weighted by Gasteiger charge is -2.13. The molecule has 0 fully saturated rings. The van der Waals surface area contributed by atoms with Crippen molar-refractivity contribution in [2.45, 2.75) is 20.3 Å². The van der Waals surface area contributed by atoms with Gasteiger partial charge in [-0.05, 0) is 71.6 Å². The molecule has 0 saturated carbocycles. The molecule has 0 unspecified atom stereocenters. The number of amides is 1. The summed E-state index contributed by atoms with van der Waals surface area (Å²) in [6.07, 6.45) is 4.16. The molecule has 7 heteroatoms. The van der Waals surface area contributed by atoms with Gasteiger partial charge in [0, 0.05) is 23.6 Å². The maximum Gasteiger partial charge on any atom is 0.261 e. The fourth-order valence-electron chi connectivity index (χ4n) is 3.28. The summed E-state index contributed by atoms with van der Waals surface area (Å²) in [5.74, 6) is 0.746. The van der Waals surface area contributed by atoms with E-state index in [-0.39, 0.29) is 5.57 Å². The zero-order valence-electron chi connectivity index (χ0n) is 17.5. The van der Waals surface area contributed by atoms with Gasteiger partial charge in [-0.2, -0.15) is 5.26 Å². The first kappa shape index (κ1) is 22.4. The molecule has 0 atom stereocenters. The van der Waals surface area contributed by atoms with Crippen molar-refractivity contribution in [2.75, 3.05) is 19.8 Å². The lowest BCUT2D eigenvalue weighted by Crippen LogP contribution is -2.26. The number of fused-ring (bicyclic) bond motifs is 1. The third kappa shape index (κ3) is 5.47. The van der Waals surface area contributed by atoms with E-state index in [0.717, 1.165) is 16.5 Å². The van der Waals surface area contributed by atoms with Gasteiger partial charge >= 0.3 is 0 Å². The quantitative estimate of drug-likeness (QED) is 0.332. The van der Waals surface area contributed by atoms with Crippen molar-refractivity contribution < 1.29 is 14.3 Å². The highest BCUT2D eigenvalue weighted by Crippen LogP contribution is 2.37. The van der Waals surface area contributed by atoms with Crippen molar-refractivity contribution >= 4 is 38.8 Å². The Labute approximate surface area is 190 Å². The van der Waals surface area contributed by atoms with E-state index in [9.17, 15) is 10.1 Å². The lowest BCUT2D eigenvalue weighted by molar-refractivity contribution is -0.117. The molecule has 160 valence electrons. The molecular weight excluding hydrogens is 458 g/mol. The predicted molar refractivity (Wildman–Crippen MR) is 125 cm³/mol. The van der Waals surface area contributed by atoms with E-state index in [1.54, 1.807) is 18.2 Å². The molecule has 3 aromatic rings. The van der Waals surface area contributed by atoms with Crippen molar-refractivity contribution in [1.82, 2.24) is 10.3 Å². The molecule has 2 aromatic carbocycles. The Morgan fingerprint density at radius 1 is 1.23 bits per heavy atom. The van der Waals surface area contributed by atoms with E-state index in [1.807, 2.05) is 50.4 Å². The number of aromatic nitrogens is 1. The molecule has 2 N–H and O–H groups in total. The Bertz CT molecular complexity index is 1140. The van der Waals surface area contributed by atoms with E-state index in [0.29, 0.717) is 47.7 Å². The van der Waals surface area contributed by atoms with Gasteiger partial charge in [0.15, 0.2) is 11.5 Å². The van der Waals surface area contributed by atoms with Crippen LogP contribution in [0.5, 0.6) is 11.5 Å². The monoisotopic (exact) mass is 481 g/mol. The van der Waals surface area contributed by atoms with Gasteiger partial charge in [0.25, 0.3) is 5.91 Å². The summed E-state index contributed by atoms with van der Waals surface area (Å²) in [5.41, 5.74) is 2.88. The van der Waals surface area contributed by atoms with E-state index in [2.05, 4.69) is 26.2 Å². The molecule has 3 rings (SSSR count). The molecule has 1 heterocycles. The lowest BCUT2D eigenvalue weighted by atomic mass is 10.1. The molecule has 1 amide bonds. The molecule has 6 nitrogen and oxygen atoms in total. The minimum atomic E-state index is -0.412. The Hall–Kier alpha value is -3.24. The van der Waals surface area contributed by atoms with Crippen LogP contribution in [0, 0.1) is 11.3 Å². The maximum atomic E-state index is 12.6. The molecule has 0 aliphatic rings. The number of H-pyrrole nitrogens is 1. The van der Waals surface area contributed by atoms with Crippen LogP contribution >= 0.6 is 15.9 Å². The van der Waals surface area contributed by atoms with E-state index >= 15 is 0 Å². The summed E-state index contributed by atoms with van der Waals surface area (Å²) in [5, 5.41) is 13.5.